The molecular formula is C11H17N3O3. The zero-order chi connectivity index (χ0) is 12.6. The SMILES string of the molecule is CC[C@H]1O[C@@H](c2cn(C)c(=O)nc2N)C[C@H]1O. The van der Waals surface area contributed by atoms with Gasteiger partial charge in [-0.3, -0.25) is 0 Å². The third-order valence-electron chi connectivity index (χ3n) is 3.12. The first-order valence-corrected chi connectivity index (χ1v) is 5.69. The lowest BCUT2D eigenvalue weighted by atomic mass is 10.1. The second-order valence-corrected chi connectivity index (χ2v) is 4.35. The van der Waals surface area contributed by atoms with Crippen LogP contribution in [0.5, 0.6) is 0 Å². The van der Waals surface area contributed by atoms with Gasteiger partial charge in [-0.15, -0.1) is 0 Å². The lowest BCUT2D eigenvalue weighted by molar-refractivity contribution is 0.00771. The molecule has 3 N–H and O–H groups in total. The van der Waals surface area contributed by atoms with Crippen molar-refractivity contribution in [2.45, 2.75) is 38.1 Å². The summed E-state index contributed by atoms with van der Waals surface area (Å²) < 4.78 is 7.06. The van der Waals surface area contributed by atoms with Crippen LogP contribution in [0.1, 0.15) is 31.4 Å². The minimum Gasteiger partial charge on any atom is -0.390 e. The maximum absolute atomic E-state index is 11.3. The molecule has 0 saturated carbocycles. The van der Waals surface area contributed by atoms with Gasteiger partial charge in [-0.25, -0.2) is 4.79 Å². The van der Waals surface area contributed by atoms with Crippen molar-refractivity contribution in [2.24, 2.45) is 7.05 Å². The first-order chi connectivity index (χ1) is 8.02. The summed E-state index contributed by atoms with van der Waals surface area (Å²) in [5.74, 6) is 0.182. The van der Waals surface area contributed by atoms with Crippen LogP contribution in [0.25, 0.3) is 0 Å². The van der Waals surface area contributed by atoms with E-state index in [-0.39, 0.29) is 18.0 Å². The molecule has 1 aromatic heterocycles. The first-order valence-electron chi connectivity index (χ1n) is 5.69. The lowest BCUT2D eigenvalue weighted by Crippen LogP contribution is -2.23. The Hall–Kier alpha value is -1.40. The van der Waals surface area contributed by atoms with E-state index in [4.69, 9.17) is 10.5 Å². The van der Waals surface area contributed by atoms with E-state index in [1.807, 2.05) is 6.92 Å². The van der Waals surface area contributed by atoms with E-state index >= 15 is 0 Å². The number of aliphatic hydroxyl groups is 1. The maximum Gasteiger partial charge on any atom is 0.349 e. The van der Waals surface area contributed by atoms with Crippen molar-refractivity contribution in [3.05, 3.63) is 22.2 Å². The van der Waals surface area contributed by atoms with Crippen LogP contribution in [-0.2, 0) is 11.8 Å². The number of hydrogen-bond donors (Lipinski definition) is 2. The molecule has 3 atom stereocenters. The monoisotopic (exact) mass is 239 g/mol. The molecule has 6 nitrogen and oxygen atoms in total. The second kappa shape index (κ2) is 4.46. The summed E-state index contributed by atoms with van der Waals surface area (Å²) in [5.41, 5.74) is 5.99. The van der Waals surface area contributed by atoms with Gasteiger partial charge in [-0.1, -0.05) is 6.92 Å². The molecule has 1 aliphatic heterocycles. The van der Waals surface area contributed by atoms with Gasteiger partial charge >= 0.3 is 5.69 Å². The largest absolute Gasteiger partial charge is 0.390 e. The van der Waals surface area contributed by atoms with Crippen LogP contribution in [0, 0.1) is 0 Å². The summed E-state index contributed by atoms with van der Waals surface area (Å²) in [5, 5.41) is 9.78. The van der Waals surface area contributed by atoms with E-state index in [1.165, 1.54) is 4.57 Å². The molecule has 0 spiro atoms. The number of aliphatic hydroxyl groups excluding tert-OH is 1. The van der Waals surface area contributed by atoms with Gasteiger partial charge in [0.15, 0.2) is 0 Å². The molecule has 1 aliphatic rings. The van der Waals surface area contributed by atoms with E-state index in [1.54, 1.807) is 13.2 Å². The highest BCUT2D eigenvalue weighted by Crippen LogP contribution is 2.35. The number of nitrogen functional groups attached to an aromatic ring is 1. The molecule has 0 bridgehead atoms. The predicted octanol–water partition coefficient (Wildman–Crippen LogP) is -0.0366. The van der Waals surface area contributed by atoms with E-state index in [0.29, 0.717) is 12.0 Å². The van der Waals surface area contributed by atoms with Gasteiger partial charge in [-0.2, -0.15) is 4.98 Å². The molecule has 0 unspecified atom stereocenters. The Morgan fingerprint density at radius 3 is 3.00 bits per heavy atom. The Morgan fingerprint density at radius 1 is 1.71 bits per heavy atom. The maximum atomic E-state index is 11.3. The Morgan fingerprint density at radius 2 is 2.41 bits per heavy atom. The molecule has 94 valence electrons. The highest BCUT2D eigenvalue weighted by Gasteiger charge is 2.34. The smallest absolute Gasteiger partial charge is 0.349 e. The van der Waals surface area contributed by atoms with Crippen molar-refractivity contribution >= 4 is 5.82 Å². The highest BCUT2D eigenvalue weighted by molar-refractivity contribution is 5.39. The van der Waals surface area contributed by atoms with Gasteiger partial charge in [0.1, 0.15) is 5.82 Å². The number of hydrogen-bond acceptors (Lipinski definition) is 5. The van der Waals surface area contributed by atoms with E-state index in [2.05, 4.69) is 4.98 Å². The minimum atomic E-state index is -0.485. The van der Waals surface area contributed by atoms with Crippen molar-refractivity contribution in [3.8, 4) is 0 Å². The van der Waals surface area contributed by atoms with Crippen molar-refractivity contribution in [1.82, 2.24) is 9.55 Å². The van der Waals surface area contributed by atoms with Gasteiger partial charge in [0.2, 0.25) is 0 Å². The van der Waals surface area contributed by atoms with Crippen LogP contribution < -0.4 is 11.4 Å². The zero-order valence-corrected chi connectivity index (χ0v) is 9.96. The van der Waals surface area contributed by atoms with Crippen molar-refractivity contribution in [3.63, 3.8) is 0 Å². The Bertz CT molecular complexity index is 472. The molecule has 2 heterocycles. The summed E-state index contributed by atoms with van der Waals surface area (Å²) in [6.45, 7) is 1.96. The van der Waals surface area contributed by atoms with Crippen molar-refractivity contribution in [1.29, 1.82) is 0 Å². The molecule has 2 rings (SSSR count). The topological polar surface area (TPSA) is 90.4 Å². The number of anilines is 1. The number of aromatic nitrogens is 2. The van der Waals surface area contributed by atoms with E-state index < -0.39 is 11.8 Å². The third-order valence-corrected chi connectivity index (χ3v) is 3.12. The van der Waals surface area contributed by atoms with Crippen LogP contribution in [0.15, 0.2) is 11.0 Å². The summed E-state index contributed by atoms with van der Waals surface area (Å²) in [6.07, 6.45) is 1.92. The Kier molecular flexibility index (Phi) is 3.17. The molecule has 17 heavy (non-hydrogen) atoms. The molecule has 0 radical (unpaired) electrons. The molecule has 0 amide bonds. The average Bonchev–Trinajstić information content (AvgIpc) is 2.65. The molecule has 1 fully saturated rings. The average molecular weight is 239 g/mol. The van der Waals surface area contributed by atoms with Gasteiger partial charge in [-0.05, 0) is 6.42 Å². The quantitative estimate of drug-likeness (QED) is 0.756. The summed E-state index contributed by atoms with van der Waals surface area (Å²) in [6, 6.07) is 0. The number of ether oxygens (including phenoxy) is 1. The van der Waals surface area contributed by atoms with Gasteiger partial charge in [0, 0.05) is 25.2 Å². The number of rotatable bonds is 2. The van der Waals surface area contributed by atoms with Gasteiger partial charge in [0.05, 0.1) is 18.3 Å². The van der Waals surface area contributed by atoms with Crippen molar-refractivity contribution in [2.75, 3.05) is 5.73 Å². The number of nitrogens with two attached hydrogens (primary N) is 1. The van der Waals surface area contributed by atoms with Crippen LogP contribution in [-0.4, -0.2) is 26.9 Å². The summed E-state index contributed by atoms with van der Waals surface area (Å²) >= 11 is 0. The molecule has 1 saturated heterocycles. The van der Waals surface area contributed by atoms with Crippen LogP contribution >= 0.6 is 0 Å². The Balaban J connectivity index is 2.30. The minimum absolute atomic E-state index is 0.170. The molecule has 1 aromatic rings. The molecule has 0 aliphatic carbocycles. The molecule has 6 heteroatoms. The lowest BCUT2D eigenvalue weighted by Gasteiger charge is -2.14. The van der Waals surface area contributed by atoms with Crippen LogP contribution in [0.4, 0.5) is 5.82 Å². The van der Waals surface area contributed by atoms with Crippen molar-refractivity contribution < 1.29 is 9.84 Å². The standard InChI is InChI=1S/C11H17N3O3/c1-3-8-7(15)4-9(17-8)6-5-14(2)11(16)13-10(6)12/h5,7-9,15H,3-4H2,1-2H3,(H2,12,13,16)/t7-,8-,9-/m1/s1. The van der Waals surface area contributed by atoms with Gasteiger partial charge < -0.3 is 20.1 Å². The summed E-state index contributed by atoms with van der Waals surface area (Å²) in [4.78, 5) is 15.0. The third kappa shape index (κ3) is 2.18. The normalized spacial score (nSPS) is 28.5. The highest BCUT2D eigenvalue weighted by atomic mass is 16.5. The molecule has 0 aromatic carbocycles. The summed E-state index contributed by atoms with van der Waals surface area (Å²) in [7, 11) is 1.61. The van der Waals surface area contributed by atoms with E-state index in [9.17, 15) is 9.90 Å². The second-order valence-electron chi connectivity index (χ2n) is 4.35. The Labute approximate surface area is 99.0 Å². The van der Waals surface area contributed by atoms with Gasteiger partial charge in [0.25, 0.3) is 0 Å². The first kappa shape index (κ1) is 12.1. The predicted molar refractivity (Wildman–Crippen MR) is 62.4 cm³/mol. The zero-order valence-electron chi connectivity index (χ0n) is 9.96. The fraction of sp³-hybridized carbons (Fsp3) is 0.636. The number of nitrogens with zero attached hydrogens (tertiary/aromatic N) is 2. The van der Waals surface area contributed by atoms with Crippen LogP contribution in [0.2, 0.25) is 0 Å². The fourth-order valence-electron chi connectivity index (χ4n) is 2.12. The number of aryl methyl sites for hydroxylation is 1. The molecular weight excluding hydrogens is 222 g/mol. The fourth-order valence-corrected chi connectivity index (χ4v) is 2.12. The van der Waals surface area contributed by atoms with Crippen LogP contribution in [0.3, 0.4) is 0 Å². The van der Waals surface area contributed by atoms with E-state index in [0.717, 1.165) is 6.42 Å².